The van der Waals surface area contributed by atoms with Crippen molar-refractivity contribution in [2.75, 3.05) is 19.4 Å². The molecule has 4 N–H and O–H groups in total. The second-order valence-electron chi connectivity index (χ2n) is 4.04. The average molecular weight is 304 g/mol. The van der Waals surface area contributed by atoms with Crippen molar-refractivity contribution in [3.05, 3.63) is 27.2 Å². The molecule has 110 valence electrons. The summed E-state index contributed by atoms with van der Waals surface area (Å²) in [6, 6.07) is 0. The first-order valence-electron chi connectivity index (χ1n) is 5.66. The van der Waals surface area contributed by atoms with Crippen LogP contribution >= 0.6 is 7.60 Å². The summed E-state index contributed by atoms with van der Waals surface area (Å²) in [5.74, 6) is 0. The van der Waals surface area contributed by atoms with Gasteiger partial charge in [0.05, 0.1) is 25.7 Å². The second kappa shape index (κ2) is 5.71. The summed E-state index contributed by atoms with van der Waals surface area (Å²) < 4.78 is 17.2. The van der Waals surface area contributed by atoms with Crippen LogP contribution in [0.3, 0.4) is 0 Å². The number of aromatic nitrogens is 4. The third-order valence-corrected chi connectivity index (χ3v) is 3.28. The minimum Gasteiger partial charge on any atom is -0.379 e. The van der Waals surface area contributed by atoms with E-state index in [1.807, 2.05) is 0 Å². The smallest absolute Gasteiger partial charge is 0.327 e. The highest BCUT2D eigenvalue weighted by molar-refractivity contribution is 7.51. The number of nitrogens with zero attached hydrogens (tertiary/aromatic N) is 2. The predicted octanol–water partition coefficient (Wildman–Crippen LogP) is -1.39. The molecule has 0 atom stereocenters. The Kier molecular flexibility index (Phi) is 4.19. The summed E-state index contributed by atoms with van der Waals surface area (Å²) in [5.41, 5.74) is -0.825. The van der Waals surface area contributed by atoms with E-state index in [2.05, 4.69) is 15.0 Å². The van der Waals surface area contributed by atoms with Gasteiger partial charge in [-0.3, -0.25) is 19.3 Å². The fourth-order valence-corrected chi connectivity index (χ4v) is 1.97. The lowest BCUT2D eigenvalue weighted by Gasteiger charge is -2.06. The Morgan fingerprint density at radius 1 is 1.30 bits per heavy atom. The number of nitrogens with one attached hydrogen (secondary N) is 2. The highest BCUT2D eigenvalue weighted by atomic mass is 31.2. The largest absolute Gasteiger partial charge is 0.379 e. The maximum Gasteiger partial charge on any atom is 0.327 e. The van der Waals surface area contributed by atoms with Crippen LogP contribution < -0.4 is 11.2 Å². The molecule has 0 unspecified atom stereocenters. The lowest BCUT2D eigenvalue weighted by molar-refractivity contribution is 0.137. The molecule has 2 aromatic heterocycles. The lowest BCUT2D eigenvalue weighted by atomic mass is 10.5. The summed E-state index contributed by atoms with van der Waals surface area (Å²) >= 11 is 0. The van der Waals surface area contributed by atoms with Crippen LogP contribution in [0.2, 0.25) is 0 Å². The van der Waals surface area contributed by atoms with E-state index in [0.29, 0.717) is 0 Å². The normalized spacial score (nSPS) is 12.1. The van der Waals surface area contributed by atoms with Crippen molar-refractivity contribution in [2.45, 2.75) is 6.54 Å². The summed E-state index contributed by atoms with van der Waals surface area (Å²) in [4.78, 5) is 48.3. The van der Waals surface area contributed by atoms with Crippen LogP contribution in [0.25, 0.3) is 11.2 Å². The molecule has 2 heterocycles. The van der Waals surface area contributed by atoms with Gasteiger partial charge in [0.2, 0.25) is 0 Å². The molecular formula is C9H13N4O6P. The van der Waals surface area contributed by atoms with E-state index < -0.39 is 18.8 Å². The fraction of sp³-hybridized carbons (Fsp3) is 0.444. The van der Waals surface area contributed by atoms with Gasteiger partial charge in [-0.15, -0.1) is 0 Å². The number of fused-ring (bicyclic) bond motifs is 1. The summed E-state index contributed by atoms with van der Waals surface area (Å²) in [6.45, 7) is 0.380. The van der Waals surface area contributed by atoms with Gasteiger partial charge in [0.1, 0.15) is 5.65 Å². The standard InChI is InChI=1S/C9H13N4O6P/c14-8-6-7(11-9(15)12-8)13(5-10-6)1-2-19-3-4-20(16,17)18/h5H,1-4H2,(H2,16,17,18)(H2,11,12,14,15). The van der Waals surface area contributed by atoms with E-state index >= 15 is 0 Å². The number of aromatic amines is 2. The zero-order valence-corrected chi connectivity index (χ0v) is 11.2. The Balaban J connectivity index is 1.99. The fourth-order valence-electron chi connectivity index (χ4n) is 1.60. The number of rotatable bonds is 6. The molecule has 11 heteroatoms. The first-order valence-corrected chi connectivity index (χ1v) is 7.46. The Labute approximate surface area is 111 Å². The molecule has 0 fully saturated rings. The van der Waals surface area contributed by atoms with Gasteiger partial charge >= 0.3 is 13.3 Å². The molecule has 0 aliphatic carbocycles. The van der Waals surface area contributed by atoms with Crippen molar-refractivity contribution >= 4 is 18.8 Å². The summed E-state index contributed by atoms with van der Waals surface area (Å²) in [5, 5.41) is 0. The third kappa shape index (κ3) is 3.64. The Morgan fingerprint density at radius 2 is 2.05 bits per heavy atom. The maximum absolute atomic E-state index is 11.4. The molecule has 10 nitrogen and oxygen atoms in total. The van der Waals surface area contributed by atoms with E-state index in [4.69, 9.17) is 14.5 Å². The number of ether oxygens (including phenoxy) is 1. The Bertz CT molecular complexity index is 756. The van der Waals surface area contributed by atoms with Crippen molar-refractivity contribution in [1.82, 2.24) is 19.5 Å². The monoisotopic (exact) mass is 304 g/mol. The van der Waals surface area contributed by atoms with E-state index in [-0.39, 0.29) is 37.1 Å². The van der Waals surface area contributed by atoms with Crippen LogP contribution in [0.15, 0.2) is 15.9 Å². The molecule has 0 aliphatic rings. The zero-order chi connectivity index (χ0) is 14.8. The molecule has 2 rings (SSSR count). The van der Waals surface area contributed by atoms with Crippen LogP contribution in [0.1, 0.15) is 0 Å². The molecule has 0 radical (unpaired) electrons. The summed E-state index contributed by atoms with van der Waals surface area (Å²) in [6.07, 6.45) is 1.02. The minimum absolute atomic E-state index is 0.0754. The predicted molar refractivity (Wildman–Crippen MR) is 68.7 cm³/mol. The molecule has 0 aromatic carbocycles. The van der Waals surface area contributed by atoms with Gasteiger partial charge in [0, 0.05) is 6.54 Å². The maximum atomic E-state index is 11.4. The Morgan fingerprint density at radius 3 is 2.75 bits per heavy atom. The highest BCUT2D eigenvalue weighted by Gasteiger charge is 2.12. The van der Waals surface area contributed by atoms with E-state index in [1.54, 1.807) is 0 Å². The molecule has 0 aliphatic heterocycles. The van der Waals surface area contributed by atoms with Gasteiger partial charge < -0.3 is 19.1 Å². The summed E-state index contributed by atoms with van der Waals surface area (Å²) in [7, 11) is -4.06. The van der Waals surface area contributed by atoms with Crippen molar-refractivity contribution in [2.24, 2.45) is 0 Å². The van der Waals surface area contributed by atoms with Gasteiger partial charge in [-0.05, 0) is 0 Å². The van der Waals surface area contributed by atoms with Crippen LogP contribution in [-0.2, 0) is 15.8 Å². The van der Waals surface area contributed by atoms with Gasteiger partial charge in [0.15, 0.2) is 5.52 Å². The number of H-pyrrole nitrogens is 2. The van der Waals surface area contributed by atoms with Crippen LogP contribution in [0.4, 0.5) is 0 Å². The Hall–Kier alpha value is -1.74. The highest BCUT2D eigenvalue weighted by Crippen LogP contribution is 2.33. The molecule has 0 amide bonds. The SMILES string of the molecule is O=c1[nH]c(=O)c2ncn(CCOCCP(=O)(O)O)c2[nH]1. The molecular weight excluding hydrogens is 291 g/mol. The van der Waals surface area contributed by atoms with E-state index in [9.17, 15) is 14.2 Å². The van der Waals surface area contributed by atoms with Gasteiger partial charge in [0.25, 0.3) is 5.56 Å². The van der Waals surface area contributed by atoms with E-state index in [0.717, 1.165) is 0 Å². The van der Waals surface area contributed by atoms with Gasteiger partial charge in [-0.25, -0.2) is 9.78 Å². The van der Waals surface area contributed by atoms with E-state index in [1.165, 1.54) is 10.9 Å². The molecule has 0 spiro atoms. The molecule has 20 heavy (non-hydrogen) atoms. The van der Waals surface area contributed by atoms with Crippen LogP contribution in [0.5, 0.6) is 0 Å². The second-order valence-corrected chi connectivity index (χ2v) is 5.82. The molecule has 2 aromatic rings. The number of imidazole rings is 1. The topological polar surface area (TPSA) is 150 Å². The third-order valence-electron chi connectivity index (χ3n) is 2.52. The van der Waals surface area contributed by atoms with Crippen molar-refractivity contribution in [1.29, 1.82) is 0 Å². The first-order chi connectivity index (χ1) is 9.37. The number of hydrogen-bond donors (Lipinski definition) is 4. The zero-order valence-electron chi connectivity index (χ0n) is 10.3. The average Bonchev–Trinajstić information content (AvgIpc) is 2.70. The number of hydrogen-bond acceptors (Lipinski definition) is 5. The van der Waals surface area contributed by atoms with Gasteiger partial charge in [-0.1, -0.05) is 0 Å². The minimum atomic E-state index is -4.06. The quantitative estimate of drug-likeness (QED) is 0.379. The molecule has 0 saturated carbocycles. The van der Waals surface area contributed by atoms with Crippen molar-refractivity contribution in [3.8, 4) is 0 Å². The molecule has 0 saturated heterocycles. The van der Waals surface area contributed by atoms with Crippen molar-refractivity contribution < 1.29 is 19.1 Å². The van der Waals surface area contributed by atoms with Crippen LogP contribution in [0, 0.1) is 0 Å². The first kappa shape index (κ1) is 14.7. The van der Waals surface area contributed by atoms with Gasteiger partial charge in [-0.2, -0.15) is 0 Å². The lowest BCUT2D eigenvalue weighted by Crippen LogP contribution is -2.22. The van der Waals surface area contributed by atoms with Crippen LogP contribution in [-0.4, -0.2) is 48.7 Å². The van der Waals surface area contributed by atoms with Crippen molar-refractivity contribution in [3.63, 3.8) is 0 Å². The molecule has 0 bridgehead atoms.